The quantitative estimate of drug-likeness (QED) is 0.763. The van der Waals surface area contributed by atoms with Crippen molar-refractivity contribution in [2.45, 2.75) is 45.1 Å². The largest absolute Gasteiger partial charge is 0.340 e. The lowest BCUT2D eigenvalue weighted by Gasteiger charge is -2.34. The molecule has 0 atom stereocenters. The Morgan fingerprint density at radius 2 is 1.93 bits per heavy atom. The molecule has 0 N–H and O–H groups in total. The SMILES string of the molecule is O=C(CCC1CCCC1)N1CCN(Cc2nnnn2-c2cccc(F)c2)CC1. The van der Waals surface area contributed by atoms with Crippen LogP contribution >= 0.6 is 0 Å². The predicted octanol–water partition coefficient (Wildman–Crippen LogP) is 2.42. The average molecular weight is 386 g/mol. The van der Waals surface area contributed by atoms with Gasteiger partial charge in [0.2, 0.25) is 5.91 Å². The summed E-state index contributed by atoms with van der Waals surface area (Å²) in [6.45, 7) is 3.65. The molecule has 1 aliphatic heterocycles. The van der Waals surface area contributed by atoms with Crippen LogP contribution in [0.4, 0.5) is 4.39 Å². The van der Waals surface area contributed by atoms with Crippen molar-refractivity contribution in [3.8, 4) is 5.69 Å². The lowest BCUT2D eigenvalue weighted by molar-refractivity contribution is -0.133. The molecule has 2 aliphatic rings. The van der Waals surface area contributed by atoms with Crippen LogP contribution in [-0.4, -0.2) is 62.1 Å². The van der Waals surface area contributed by atoms with E-state index in [1.807, 2.05) is 4.90 Å². The van der Waals surface area contributed by atoms with Gasteiger partial charge in [0.05, 0.1) is 12.2 Å². The van der Waals surface area contributed by atoms with Gasteiger partial charge in [-0.2, -0.15) is 4.68 Å². The second-order valence-corrected chi connectivity index (χ2v) is 7.83. The summed E-state index contributed by atoms with van der Waals surface area (Å²) < 4.78 is 15.1. The maximum atomic E-state index is 13.5. The highest BCUT2D eigenvalue weighted by atomic mass is 19.1. The highest BCUT2D eigenvalue weighted by Gasteiger charge is 2.24. The van der Waals surface area contributed by atoms with Crippen molar-refractivity contribution in [2.24, 2.45) is 5.92 Å². The summed E-state index contributed by atoms with van der Waals surface area (Å²) in [6, 6.07) is 6.24. The molecule has 0 bridgehead atoms. The van der Waals surface area contributed by atoms with Gasteiger partial charge in [0.1, 0.15) is 5.82 Å². The van der Waals surface area contributed by atoms with Crippen LogP contribution in [0, 0.1) is 11.7 Å². The molecule has 0 radical (unpaired) electrons. The summed E-state index contributed by atoms with van der Waals surface area (Å²) in [7, 11) is 0. The van der Waals surface area contributed by atoms with Crippen molar-refractivity contribution in [2.75, 3.05) is 26.2 Å². The molecule has 150 valence electrons. The highest BCUT2D eigenvalue weighted by Crippen LogP contribution is 2.28. The summed E-state index contributed by atoms with van der Waals surface area (Å²) in [5, 5.41) is 11.8. The lowest BCUT2D eigenvalue weighted by Crippen LogP contribution is -2.48. The highest BCUT2D eigenvalue weighted by molar-refractivity contribution is 5.76. The van der Waals surface area contributed by atoms with Crippen molar-refractivity contribution in [3.05, 3.63) is 35.9 Å². The second-order valence-electron chi connectivity index (χ2n) is 7.83. The van der Waals surface area contributed by atoms with E-state index in [1.54, 1.807) is 16.8 Å². The van der Waals surface area contributed by atoms with Gasteiger partial charge < -0.3 is 4.90 Å². The van der Waals surface area contributed by atoms with E-state index in [9.17, 15) is 9.18 Å². The number of amides is 1. The monoisotopic (exact) mass is 386 g/mol. The van der Waals surface area contributed by atoms with E-state index >= 15 is 0 Å². The van der Waals surface area contributed by atoms with E-state index in [0.29, 0.717) is 24.5 Å². The fourth-order valence-corrected chi connectivity index (χ4v) is 4.25. The van der Waals surface area contributed by atoms with Gasteiger partial charge >= 0.3 is 0 Å². The van der Waals surface area contributed by atoms with Crippen LogP contribution in [0.2, 0.25) is 0 Å². The Morgan fingerprint density at radius 3 is 2.68 bits per heavy atom. The van der Waals surface area contributed by atoms with E-state index in [2.05, 4.69) is 20.4 Å². The molecule has 1 aromatic carbocycles. The smallest absolute Gasteiger partial charge is 0.222 e. The number of carbonyl (C=O) groups excluding carboxylic acids is 1. The maximum Gasteiger partial charge on any atom is 0.222 e. The minimum Gasteiger partial charge on any atom is -0.340 e. The number of nitrogens with zero attached hydrogens (tertiary/aromatic N) is 6. The summed E-state index contributed by atoms with van der Waals surface area (Å²) >= 11 is 0. The molecular weight excluding hydrogens is 359 g/mol. The van der Waals surface area contributed by atoms with Crippen LogP contribution in [-0.2, 0) is 11.3 Å². The number of rotatable bonds is 6. The molecule has 1 aromatic heterocycles. The molecule has 2 heterocycles. The molecule has 0 unspecified atom stereocenters. The van der Waals surface area contributed by atoms with Crippen molar-refractivity contribution in [1.29, 1.82) is 0 Å². The van der Waals surface area contributed by atoms with Gasteiger partial charge in [-0.1, -0.05) is 31.7 Å². The van der Waals surface area contributed by atoms with Gasteiger partial charge in [-0.25, -0.2) is 4.39 Å². The molecule has 7 nitrogen and oxygen atoms in total. The first-order valence-electron chi connectivity index (χ1n) is 10.2. The molecule has 2 aromatic rings. The molecule has 1 aliphatic carbocycles. The van der Waals surface area contributed by atoms with Crippen LogP contribution < -0.4 is 0 Å². The van der Waals surface area contributed by atoms with E-state index in [4.69, 9.17) is 0 Å². The molecule has 8 heteroatoms. The van der Waals surface area contributed by atoms with Gasteiger partial charge in [-0.3, -0.25) is 9.69 Å². The maximum absolute atomic E-state index is 13.5. The van der Waals surface area contributed by atoms with Crippen LogP contribution in [0.1, 0.15) is 44.3 Å². The number of tetrazole rings is 1. The van der Waals surface area contributed by atoms with Crippen molar-refractivity contribution in [3.63, 3.8) is 0 Å². The normalized spacial score (nSPS) is 18.7. The third-order valence-electron chi connectivity index (χ3n) is 5.92. The number of hydrogen-bond acceptors (Lipinski definition) is 5. The van der Waals surface area contributed by atoms with E-state index in [-0.39, 0.29) is 11.7 Å². The van der Waals surface area contributed by atoms with Crippen LogP contribution in [0.3, 0.4) is 0 Å². The van der Waals surface area contributed by atoms with Crippen molar-refractivity contribution in [1.82, 2.24) is 30.0 Å². The topological polar surface area (TPSA) is 67.2 Å². The van der Waals surface area contributed by atoms with E-state index in [1.165, 1.54) is 37.8 Å². The Bertz CT molecular complexity index is 795. The Morgan fingerprint density at radius 1 is 1.14 bits per heavy atom. The number of piperazine rings is 1. The zero-order valence-electron chi connectivity index (χ0n) is 16.1. The first kappa shape index (κ1) is 19.0. The summed E-state index contributed by atoms with van der Waals surface area (Å²) in [5.74, 6) is 1.40. The number of carbonyl (C=O) groups is 1. The summed E-state index contributed by atoms with van der Waals surface area (Å²) in [4.78, 5) is 16.7. The number of hydrogen-bond donors (Lipinski definition) is 0. The van der Waals surface area contributed by atoms with Crippen molar-refractivity contribution < 1.29 is 9.18 Å². The van der Waals surface area contributed by atoms with Gasteiger partial charge in [0.15, 0.2) is 5.82 Å². The first-order valence-corrected chi connectivity index (χ1v) is 10.2. The molecule has 1 amide bonds. The zero-order chi connectivity index (χ0) is 19.3. The molecule has 0 spiro atoms. The summed E-state index contributed by atoms with van der Waals surface area (Å²) in [6.07, 6.45) is 6.96. The van der Waals surface area contributed by atoms with Crippen molar-refractivity contribution >= 4 is 5.91 Å². The lowest BCUT2D eigenvalue weighted by atomic mass is 10.0. The Balaban J connectivity index is 1.28. The molecule has 1 saturated heterocycles. The van der Waals surface area contributed by atoms with Gasteiger partial charge in [0, 0.05) is 32.6 Å². The van der Waals surface area contributed by atoms with E-state index < -0.39 is 0 Å². The number of halogens is 1. The first-order chi connectivity index (χ1) is 13.7. The minimum atomic E-state index is -0.316. The van der Waals surface area contributed by atoms with Crippen LogP contribution in [0.25, 0.3) is 5.69 Å². The molecule has 1 saturated carbocycles. The summed E-state index contributed by atoms with van der Waals surface area (Å²) in [5.41, 5.74) is 0.612. The van der Waals surface area contributed by atoms with Gasteiger partial charge in [-0.05, 0) is 41.0 Å². The average Bonchev–Trinajstić information content (AvgIpc) is 3.39. The van der Waals surface area contributed by atoms with E-state index in [0.717, 1.165) is 38.5 Å². The van der Waals surface area contributed by atoms with Crippen LogP contribution in [0.5, 0.6) is 0 Å². The fourth-order valence-electron chi connectivity index (χ4n) is 4.25. The Kier molecular flexibility index (Phi) is 5.95. The zero-order valence-corrected chi connectivity index (χ0v) is 16.1. The second kappa shape index (κ2) is 8.77. The molecule has 4 rings (SSSR count). The molecule has 2 fully saturated rings. The van der Waals surface area contributed by atoms with Crippen LogP contribution in [0.15, 0.2) is 24.3 Å². The standard InChI is InChI=1S/C20H27FN6O/c21-17-6-3-7-18(14-17)27-19(22-23-24-27)15-25-10-12-26(13-11-25)20(28)9-8-16-4-1-2-5-16/h3,6-7,14,16H,1-2,4-5,8-13,15H2. The number of benzene rings is 1. The van der Waals surface area contributed by atoms with Gasteiger partial charge in [-0.15, -0.1) is 5.10 Å². The number of aromatic nitrogens is 4. The fraction of sp³-hybridized carbons (Fsp3) is 0.600. The predicted molar refractivity (Wildman–Crippen MR) is 102 cm³/mol. The third kappa shape index (κ3) is 4.55. The molecule has 28 heavy (non-hydrogen) atoms. The Hall–Kier alpha value is -2.35. The third-order valence-corrected chi connectivity index (χ3v) is 5.92. The molecular formula is C20H27FN6O. The van der Waals surface area contributed by atoms with Gasteiger partial charge in [0.25, 0.3) is 0 Å². The Labute approximate surface area is 164 Å². The minimum absolute atomic E-state index is 0.288.